The van der Waals surface area contributed by atoms with Gasteiger partial charge in [-0.25, -0.2) is 0 Å². The Morgan fingerprint density at radius 3 is 2.57 bits per heavy atom. The van der Waals surface area contributed by atoms with Gasteiger partial charge in [-0.15, -0.1) is 0 Å². The van der Waals surface area contributed by atoms with Crippen LogP contribution < -0.4 is 19.1 Å². The third-order valence-corrected chi connectivity index (χ3v) is 5.42. The molecule has 1 atom stereocenters. The fourth-order valence-corrected chi connectivity index (χ4v) is 4.11. The maximum atomic E-state index is 5.77. The Morgan fingerprint density at radius 1 is 1.13 bits per heavy atom. The first-order chi connectivity index (χ1) is 11.2. The summed E-state index contributed by atoms with van der Waals surface area (Å²) < 4.78 is 3.94. The van der Waals surface area contributed by atoms with Gasteiger partial charge < -0.3 is 4.84 Å². The zero-order chi connectivity index (χ0) is 16.0. The molecule has 23 heavy (non-hydrogen) atoms. The van der Waals surface area contributed by atoms with Gasteiger partial charge in [-0.05, 0) is 72.1 Å². The van der Waals surface area contributed by atoms with E-state index in [-0.39, 0.29) is 0 Å². The van der Waals surface area contributed by atoms with Crippen LogP contribution in [0.4, 0.5) is 5.95 Å². The van der Waals surface area contributed by atoms with E-state index in [1.807, 2.05) is 16.5 Å². The number of anilines is 1. The van der Waals surface area contributed by atoms with Gasteiger partial charge in [0.05, 0.1) is 12.6 Å². The number of hydrogen-bond donors (Lipinski definition) is 0. The lowest BCUT2D eigenvalue weighted by atomic mass is 10.0. The van der Waals surface area contributed by atoms with Gasteiger partial charge in [0, 0.05) is 6.07 Å². The monoisotopic (exact) mass is 314 g/mol. The number of aromatic nitrogens is 3. The Balaban J connectivity index is 1.93. The fourth-order valence-electron chi connectivity index (χ4n) is 4.11. The quantitative estimate of drug-likeness (QED) is 0.783. The van der Waals surface area contributed by atoms with Crippen LogP contribution >= 0.6 is 0 Å². The molecule has 1 unspecified atom stereocenters. The Bertz CT molecular complexity index is 759. The van der Waals surface area contributed by atoms with E-state index in [1.54, 1.807) is 7.11 Å². The van der Waals surface area contributed by atoms with Crippen molar-refractivity contribution in [2.24, 2.45) is 7.05 Å². The molecule has 0 bridgehead atoms. The number of rotatable bonds is 2. The van der Waals surface area contributed by atoms with Gasteiger partial charge in [0.15, 0.2) is 7.05 Å². The summed E-state index contributed by atoms with van der Waals surface area (Å²) in [6.07, 6.45) is 7.36. The van der Waals surface area contributed by atoms with Crippen LogP contribution in [0.25, 0.3) is 11.0 Å². The zero-order valence-corrected chi connectivity index (χ0v) is 14.4. The van der Waals surface area contributed by atoms with Crippen molar-refractivity contribution in [1.82, 2.24) is 5.10 Å². The molecule has 5 heteroatoms. The maximum Gasteiger partial charge on any atom is 0.497 e. The number of aryl methyl sites for hydroxylation is 3. The van der Waals surface area contributed by atoms with Crippen LogP contribution in [-0.2, 0) is 19.9 Å². The first-order valence-corrected chi connectivity index (χ1v) is 8.78. The summed E-state index contributed by atoms with van der Waals surface area (Å²) in [7, 11) is 3.79. The van der Waals surface area contributed by atoms with Crippen molar-refractivity contribution in [3.05, 3.63) is 23.3 Å². The van der Waals surface area contributed by atoms with E-state index in [1.165, 1.54) is 49.7 Å². The van der Waals surface area contributed by atoms with E-state index < -0.39 is 0 Å². The Hall–Kier alpha value is -1.91. The molecule has 2 aliphatic rings. The van der Waals surface area contributed by atoms with Gasteiger partial charge >= 0.3 is 5.95 Å². The average molecular weight is 314 g/mol. The van der Waals surface area contributed by atoms with Crippen molar-refractivity contribution in [1.29, 1.82) is 0 Å². The molecule has 0 amide bonds. The Morgan fingerprint density at radius 2 is 1.87 bits per heavy atom. The van der Waals surface area contributed by atoms with E-state index in [0.717, 1.165) is 23.5 Å². The van der Waals surface area contributed by atoms with Crippen molar-refractivity contribution < 1.29 is 14.2 Å². The summed E-state index contributed by atoms with van der Waals surface area (Å²) >= 11 is 0. The molecule has 0 spiro atoms. The number of nitrogens with zero attached hydrogens (tertiary/aromatic N) is 4. The van der Waals surface area contributed by atoms with Crippen LogP contribution in [0, 0.1) is 0 Å². The van der Waals surface area contributed by atoms with Gasteiger partial charge in [-0.2, -0.15) is 0 Å². The highest BCUT2D eigenvalue weighted by molar-refractivity contribution is 5.71. The summed E-state index contributed by atoms with van der Waals surface area (Å²) in [5.74, 6) is 0.924. The second-order valence-electron chi connectivity index (χ2n) is 6.90. The lowest BCUT2D eigenvalue weighted by Gasteiger charge is -2.27. The first kappa shape index (κ1) is 14.7. The lowest BCUT2D eigenvalue weighted by molar-refractivity contribution is -0.869. The molecule has 1 aromatic heterocycles. The second kappa shape index (κ2) is 5.62. The van der Waals surface area contributed by atoms with Gasteiger partial charge in [-0.3, -0.25) is 4.90 Å². The summed E-state index contributed by atoms with van der Waals surface area (Å²) in [6.45, 7) is 3.34. The first-order valence-electron chi connectivity index (χ1n) is 8.78. The predicted molar refractivity (Wildman–Crippen MR) is 88.3 cm³/mol. The molecular weight excluding hydrogens is 288 g/mol. The highest BCUT2D eigenvalue weighted by Gasteiger charge is 2.36. The second-order valence-corrected chi connectivity index (χ2v) is 6.90. The standard InChI is InChI=1S/C18H26N4O/c1-13-7-4-5-10-21(13)18-19-20(2)16-11-14-8-6-9-15(14)12-17(16)22(18)23-3/h11-13H,4-10H2,1-3H3/q+2. The Kier molecular flexibility index (Phi) is 3.58. The lowest BCUT2D eigenvalue weighted by Crippen LogP contribution is -2.56. The molecule has 0 N–H and O–H groups in total. The smallest absolute Gasteiger partial charge is 0.359 e. The van der Waals surface area contributed by atoms with Gasteiger partial charge in [0.1, 0.15) is 7.11 Å². The number of fused-ring (bicyclic) bond motifs is 2. The molecule has 0 radical (unpaired) electrons. The molecule has 5 nitrogen and oxygen atoms in total. The molecule has 0 saturated carbocycles. The maximum absolute atomic E-state index is 5.77. The molecule has 1 aliphatic carbocycles. The molecule has 1 aliphatic heterocycles. The van der Waals surface area contributed by atoms with Crippen molar-refractivity contribution in [2.75, 3.05) is 18.6 Å². The summed E-state index contributed by atoms with van der Waals surface area (Å²) in [6, 6.07) is 5.11. The van der Waals surface area contributed by atoms with Crippen LogP contribution in [0.15, 0.2) is 12.1 Å². The number of piperidine rings is 1. The molecule has 122 valence electrons. The van der Waals surface area contributed by atoms with Crippen molar-refractivity contribution >= 4 is 17.0 Å². The largest absolute Gasteiger partial charge is 0.497 e. The third-order valence-electron chi connectivity index (χ3n) is 5.42. The van der Waals surface area contributed by atoms with Crippen LogP contribution in [0.3, 0.4) is 0 Å². The Labute approximate surface area is 137 Å². The highest BCUT2D eigenvalue weighted by atomic mass is 16.6. The summed E-state index contributed by atoms with van der Waals surface area (Å²) in [4.78, 5) is 8.16. The third kappa shape index (κ3) is 2.33. The minimum atomic E-state index is 0.504. The van der Waals surface area contributed by atoms with Crippen molar-refractivity contribution in [3.8, 4) is 0 Å². The normalized spacial score (nSPS) is 20.8. The van der Waals surface area contributed by atoms with Crippen LogP contribution in [-0.4, -0.2) is 24.8 Å². The topological polar surface area (TPSA) is 33.1 Å². The molecule has 1 aromatic carbocycles. The van der Waals surface area contributed by atoms with Crippen LogP contribution in [0.2, 0.25) is 0 Å². The number of hydrogen-bond acceptors (Lipinski definition) is 3. The van der Waals surface area contributed by atoms with Gasteiger partial charge in [0.2, 0.25) is 10.6 Å². The van der Waals surface area contributed by atoms with E-state index >= 15 is 0 Å². The van der Waals surface area contributed by atoms with Crippen LogP contribution in [0.1, 0.15) is 43.7 Å². The van der Waals surface area contributed by atoms with E-state index in [0.29, 0.717) is 6.04 Å². The summed E-state index contributed by atoms with van der Waals surface area (Å²) in [5, 5.41) is 4.85. The molecule has 2 heterocycles. The SMILES string of the molecule is CO[n+]1c(N2CCCCC2C)n[n+](C)c2cc3c(cc21)CCC3. The molecule has 4 rings (SSSR count). The summed E-state index contributed by atoms with van der Waals surface area (Å²) in [5.41, 5.74) is 5.20. The minimum Gasteiger partial charge on any atom is -0.359 e. The average Bonchev–Trinajstić information content (AvgIpc) is 3.01. The predicted octanol–water partition coefficient (Wildman–Crippen LogP) is 1.27. The molecule has 1 fully saturated rings. The minimum absolute atomic E-state index is 0.504. The van der Waals surface area contributed by atoms with Crippen LogP contribution in [0.5, 0.6) is 0 Å². The molecular formula is C18H26N4O+2. The molecule has 1 saturated heterocycles. The van der Waals surface area contributed by atoms with Crippen molar-refractivity contribution in [3.63, 3.8) is 0 Å². The van der Waals surface area contributed by atoms with Gasteiger partial charge in [-0.1, -0.05) is 0 Å². The highest BCUT2D eigenvalue weighted by Crippen LogP contribution is 2.26. The van der Waals surface area contributed by atoms with Crippen molar-refractivity contribution in [2.45, 2.75) is 51.5 Å². The molecule has 2 aromatic rings. The van der Waals surface area contributed by atoms with Gasteiger partial charge in [0.25, 0.3) is 5.52 Å². The van der Waals surface area contributed by atoms with E-state index in [4.69, 9.17) is 9.94 Å². The van der Waals surface area contributed by atoms with E-state index in [2.05, 4.69) is 24.0 Å². The zero-order valence-electron chi connectivity index (χ0n) is 14.4. The fraction of sp³-hybridized carbons (Fsp3) is 0.611. The van der Waals surface area contributed by atoms with E-state index in [9.17, 15) is 0 Å². The number of benzene rings is 1.